The van der Waals surface area contributed by atoms with E-state index in [-0.39, 0.29) is 17.9 Å². The molecule has 4 rings (SSSR count). The molecule has 2 unspecified atom stereocenters. The lowest BCUT2D eigenvalue weighted by Gasteiger charge is -2.24. The second-order valence-corrected chi connectivity index (χ2v) is 8.29. The monoisotopic (exact) mass is 494 g/mol. The van der Waals surface area contributed by atoms with Crippen LogP contribution in [0.3, 0.4) is 0 Å². The third kappa shape index (κ3) is 4.94. The van der Waals surface area contributed by atoms with Crippen molar-refractivity contribution in [2.24, 2.45) is 0 Å². The van der Waals surface area contributed by atoms with Gasteiger partial charge in [0.25, 0.3) is 5.91 Å². The fourth-order valence-electron chi connectivity index (χ4n) is 3.54. The van der Waals surface area contributed by atoms with Gasteiger partial charge in [0.1, 0.15) is 19.3 Å². The Morgan fingerprint density at radius 1 is 0.875 bits per heavy atom. The van der Waals surface area contributed by atoms with Crippen LogP contribution in [0, 0.1) is 0 Å². The molecule has 1 aliphatic rings. The summed E-state index contributed by atoms with van der Waals surface area (Å²) < 4.78 is 12.1. The number of nitrogens with one attached hydrogen (secondary N) is 2. The normalized spacial score (nSPS) is 14.2. The van der Waals surface area contributed by atoms with Gasteiger partial charge in [0.2, 0.25) is 5.91 Å². The first-order valence-electron chi connectivity index (χ1n) is 10.3. The van der Waals surface area contributed by atoms with Crippen LogP contribution in [0.25, 0.3) is 0 Å². The van der Waals surface area contributed by atoms with E-state index in [0.29, 0.717) is 35.8 Å². The van der Waals surface area contributed by atoms with Gasteiger partial charge < -0.3 is 20.1 Å². The zero-order valence-corrected chi connectivity index (χ0v) is 19.1. The van der Waals surface area contributed by atoms with Crippen LogP contribution < -0.4 is 20.1 Å². The van der Waals surface area contributed by atoms with Crippen LogP contribution in [0.4, 0.5) is 0 Å². The summed E-state index contributed by atoms with van der Waals surface area (Å²) in [4.78, 5) is 26.1. The van der Waals surface area contributed by atoms with Gasteiger partial charge >= 0.3 is 0 Å². The molecule has 164 valence electrons. The molecule has 32 heavy (non-hydrogen) atoms. The number of fused-ring (bicyclic) bond motifs is 1. The summed E-state index contributed by atoms with van der Waals surface area (Å²) >= 11 is 3.56. The lowest BCUT2D eigenvalue weighted by atomic mass is 10.0. The average molecular weight is 495 g/mol. The maximum Gasteiger partial charge on any atom is 0.252 e. The fraction of sp³-hybridized carbons (Fsp3) is 0.200. The fourth-order valence-corrected chi connectivity index (χ4v) is 4.20. The predicted molar refractivity (Wildman–Crippen MR) is 125 cm³/mol. The third-order valence-corrected chi connectivity index (χ3v) is 5.88. The van der Waals surface area contributed by atoms with Gasteiger partial charge in [-0.05, 0) is 42.3 Å². The summed E-state index contributed by atoms with van der Waals surface area (Å²) in [6, 6.07) is 20.5. The van der Waals surface area contributed by atoms with E-state index in [1.807, 2.05) is 55.5 Å². The van der Waals surface area contributed by atoms with Gasteiger partial charge in [-0.3, -0.25) is 9.59 Å². The second-order valence-electron chi connectivity index (χ2n) is 7.43. The minimum Gasteiger partial charge on any atom is -0.486 e. The summed E-state index contributed by atoms with van der Waals surface area (Å²) in [6.07, 6.45) is 0. The molecule has 7 heteroatoms. The zero-order valence-electron chi connectivity index (χ0n) is 17.5. The predicted octanol–water partition coefficient (Wildman–Crippen LogP) is 4.57. The van der Waals surface area contributed by atoms with Crippen molar-refractivity contribution >= 4 is 27.7 Å². The number of amides is 2. The van der Waals surface area contributed by atoms with E-state index >= 15 is 0 Å². The Balaban J connectivity index is 1.55. The molecule has 0 spiro atoms. The van der Waals surface area contributed by atoms with Gasteiger partial charge in [-0.15, -0.1) is 0 Å². The number of hydrogen-bond donors (Lipinski definition) is 2. The number of hydrogen-bond acceptors (Lipinski definition) is 4. The first-order chi connectivity index (χ1) is 15.5. The van der Waals surface area contributed by atoms with Crippen LogP contribution in [0.15, 0.2) is 77.3 Å². The summed E-state index contributed by atoms with van der Waals surface area (Å²) in [7, 11) is 0. The quantitative estimate of drug-likeness (QED) is 0.526. The number of benzene rings is 3. The van der Waals surface area contributed by atoms with Crippen molar-refractivity contribution in [3.8, 4) is 11.5 Å². The van der Waals surface area contributed by atoms with E-state index in [1.165, 1.54) is 0 Å². The molecule has 0 aliphatic carbocycles. The minimum absolute atomic E-state index is 0.310. The summed E-state index contributed by atoms with van der Waals surface area (Å²) in [5.41, 5.74) is 2.04. The van der Waals surface area contributed by atoms with E-state index in [9.17, 15) is 9.59 Å². The number of carbonyl (C=O) groups excluding carboxylic acids is 2. The average Bonchev–Trinajstić information content (AvgIpc) is 2.82. The Morgan fingerprint density at radius 3 is 2.12 bits per heavy atom. The molecular weight excluding hydrogens is 472 g/mol. The summed E-state index contributed by atoms with van der Waals surface area (Å²) in [5.74, 6) is 0.688. The Hall–Kier alpha value is -3.32. The molecule has 6 nitrogen and oxygen atoms in total. The van der Waals surface area contributed by atoms with E-state index in [1.54, 1.807) is 24.3 Å². The zero-order chi connectivity index (χ0) is 22.5. The molecule has 0 bridgehead atoms. The molecule has 0 radical (unpaired) electrons. The van der Waals surface area contributed by atoms with Crippen molar-refractivity contribution in [3.63, 3.8) is 0 Å². The van der Waals surface area contributed by atoms with Crippen LogP contribution >= 0.6 is 15.9 Å². The maximum absolute atomic E-state index is 13.3. The van der Waals surface area contributed by atoms with Crippen LogP contribution in [0.2, 0.25) is 0 Å². The Labute approximate surface area is 195 Å². The number of halogens is 1. The van der Waals surface area contributed by atoms with Crippen LogP contribution in [0.5, 0.6) is 11.5 Å². The van der Waals surface area contributed by atoms with Gasteiger partial charge in [-0.25, -0.2) is 0 Å². The van der Waals surface area contributed by atoms with Crippen molar-refractivity contribution in [2.75, 3.05) is 13.2 Å². The molecule has 3 aromatic rings. The highest BCUT2D eigenvalue weighted by Crippen LogP contribution is 2.38. The smallest absolute Gasteiger partial charge is 0.252 e. The molecule has 0 saturated heterocycles. The molecular formula is C25H23BrN2O4. The number of carbonyl (C=O) groups is 2. The number of rotatable bonds is 6. The molecule has 2 N–H and O–H groups in total. The van der Waals surface area contributed by atoms with Crippen molar-refractivity contribution < 1.29 is 19.1 Å². The largest absolute Gasteiger partial charge is 0.486 e. The van der Waals surface area contributed by atoms with Crippen molar-refractivity contribution in [1.29, 1.82) is 0 Å². The van der Waals surface area contributed by atoms with Gasteiger partial charge in [0.05, 0.1) is 6.04 Å². The Kier molecular flexibility index (Phi) is 6.75. The maximum atomic E-state index is 13.3. The molecule has 0 fully saturated rings. The van der Waals surface area contributed by atoms with E-state index in [4.69, 9.17) is 9.47 Å². The first-order valence-corrected chi connectivity index (χ1v) is 11.1. The topological polar surface area (TPSA) is 76.7 Å². The molecule has 2 atom stereocenters. The van der Waals surface area contributed by atoms with E-state index in [0.717, 1.165) is 10.0 Å². The van der Waals surface area contributed by atoms with Gasteiger partial charge in [0.15, 0.2) is 11.5 Å². The lowest BCUT2D eigenvalue weighted by Crippen LogP contribution is -2.41. The Bertz CT molecular complexity index is 1110. The summed E-state index contributed by atoms with van der Waals surface area (Å²) in [5, 5.41) is 5.88. The Morgan fingerprint density at radius 2 is 1.47 bits per heavy atom. The molecule has 0 saturated carbocycles. The highest BCUT2D eigenvalue weighted by atomic mass is 79.9. The van der Waals surface area contributed by atoms with Crippen LogP contribution in [-0.2, 0) is 4.79 Å². The van der Waals surface area contributed by atoms with Gasteiger partial charge in [-0.2, -0.15) is 0 Å². The van der Waals surface area contributed by atoms with Crippen molar-refractivity contribution in [2.45, 2.75) is 19.0 Å². The lowest BCUT2D eigenvalue weighted by molar-refractivity contribution is -0.123. The summed E-state index contributed by atoms with van der Waals surface area (Å²) in [6.45, 7) is 2.87. The minimum atomic E-state index is -0.845. The molecule has 1 heterocycles. The third-order valence-electron chi connectivity index (χ3n) is 5.19. The van der Waals surface area contributed by atoms with Crippen LogP contribution in [-0.4, -0.2) is 25.0 Å². The molecule has 2 amide bonds. The van der Waals surface area contributed by atoms with Gasteiger partial charge in [-0.1, -0.05) is 64.5 Å². The van der Waals surface area contributed by atoms with Crippen LogP contribution in [0.1, 0.15) is 40.5 Å². The van der Waals surface area contributed by atoms with Crippen molar-refractivity contribution in [1.82, 2.24) is 10.6 Å². The first kappa shape index (κ1) is 21.9. The highest BCUT2D eigenvalue weighted by molar-refractivity contribution is 9.10. The molecule has 0 aromatic heterocycles. The molecule has 3 aromatic carbocycles. The number of ether oxygens (including phenoxy) is 2. The van der Waals surface area contributed by atoms with Crippen molar-refractivity contribution in [3.05, 3.63) is 94.0 Å². The standard InChI is InChI=1S/C25H23BrN2O4/c1-16(19-14-21-22(15-20(19)26)32-13-12-31-21)27-25(30)23(17-8-4-2-5-9-17)28-24(29)18-10-6-3-7-11-18/h2-11,14-16,23H,12-13H2,1H3,(H,27,30)(H,28,29). The van der Waals surface area contributed by atoms with E-state index < -0.39 is 6.04 Å². The SMILES string of the molecule is CC(NC(=O)C(NC(=O)c1ccccc1)c1ccccc1)c1cc2c(cc1Br)OCCO2. The van der Waals surface area contributed by atoms with E-state index in [2.05, 4.69) is 26.6 Å². The molecule has 1 aliphatic heterocycles. The highest BCUT2D eigenvalue weighted by Gasteiger charge is 2.26. The van der Waals surface area contributed by atoms with Gasteiger partial charge in [0, 0.05) is 10.0 Å². The second kappa shape index (κ2) is 9.87.